The first kappa shape index (κ1) is 13.4. The number of hydrogen-bond donors (Lipinski definition) is 0. The van der Waals surface area contributed by atoms with Crippen molar-refractivity contribution in [3.05, 3.63) is 34.4 Å². The monoisotopic (exact) mass is 266 g/mol. The van der Waals surface area contributed by atoms with Crippen LogP contribution in [0.15, 0.2) is 12.1 Å². The van der Waals surface area contributed by atoms with E-state index in [1.165, 1.54) is 53.4 Å². The van der Waals surface area contributed by atoms with Gasteiger partial charge in [-0.05, 0) is 60.4 Å². The van der Waals surface area contributed by atoms with E-state index in [0.717, 1.165) is 0 Å². The molecule has 0 unspecified atom stereocenters. The maximum Gasteiger partial charge on any atom is 0.0187 e. The minimum absolute atomic E-state index is 1.19. The Hall–Kier alpha value is -0.0800. The Morgan fingerprint density at radius 1 is 0.765 bits per heavy atom. The molecule has 0 nitrogen and oxygen atoms in total. The second-order valence-corrected chi connectivity index (χ2v) is 7.08. The van der Waals surface area contributed by atoms with Crippen LogP contribution in [-0.2, 0) is 11.5 Å². The second-order valence-electron chi connectivity index (χ2n) is 4.87. The first-order valence-electron chi connectivity index (χ1n) is 6.52. The highest BCUT2D eigenvalue weighted by molar-refractivity contribution is 7.98. The smallest absolute Gasteiger partial charge is 0.0187 e. The van der Waals surface area contributed by atoms with Gasteiger partial charge in [-0.15, -0.1) is 0 Å². The Labute approximate surface area is 114 Å². The molecule has 0 atom stereocenters. The van der Waals surface area contributed by atoms with E-state index in [1.54, 1.807) is 11.1 Å². The molecule has 3 rings (SSSR count). The Morgan fingerprint density at radius 2 is 1.24 bits per heavy atom. The van der Waals surface area contributed by atoms with E-state index < -0.39 is 0 Å². The minimum Gasteiger partial charge on any atom is -0.157 e. The summed E-state index contributed by atoms with van der Waals surface area (Å²) in [7, 11) is 0. The molecule has 0 saturated heterocycles. The van der Waals surface area contributed by atoms with Crippen LogP contribution < -0.4 is 0 Å². The highest BCUT2D eigenvalue weighted by Gasteiger charge is 2.06. The average molecular weight is 266 g/mol. The van der Waals surface area contributed by atoms with Crippen LogP contribution >= 0.6 is 23.5 Å². The zero-order valence-corrected chi connectivity index (χ0v) is 12.6. The van der Waals surface area contributed by atoms with Crippen LogP contribution in [0.1, 0.15) is 41.5 Å². The van der Waals surface area contributed by atoms with Gasteiger partial charge in [0.15, 0.2) is 0 Å². The van der Waals surface area contributed by atoms with E-state index in [9.17, 15) is 0 Å². The number of aryl methyl sites for hydroxylation is 2. The highest BCUT2D eigenvalue weighted by atomic mass is 32.2. The van der Waals surface area contributed by atoms with Gasteiger partial charge in [0, 0.05) is 11.5 Å². The summed E-state index contributed by atoms with van der Waals surface area (Å²) in [6, 6.07) is 4.83. The zero-order valence-electron chi connectivity index (χ0n) is 10.9. The van der Waals surface area contributed by atoms with E-state index in [4.69, 9.17) is 0 Å². The van der Waals surface area contributed by atoms with Crippen molar-refractivity contribution in [1.29, 1.82) is 0 Å². The first-order chi connectivity index (χ1) is 8.27. The summed E-state index contributed by atoms with van der Waals surface area (Å²) in [5, 5.41) is 0. The molecule has 2 heteroatoms. The largest absolute Gasteiger partial charge is 0.157 e. The lowest BCUT2D eigenvalue weighted by atomic mass is 10.0. The minimum atomic E-state index is 1.19. The van der Waals surface area contributed by atoms with Crippen LogP contribution in [-0.4, -0.2) is 11.5 Å². The number of rotatable bonds is 0. The Kier molecular flexibility index (Phi) is 5.30. The molecule has 2 aliphatic heterocycles. The van der Waals surface area contributed by atoms with Crippen molar-refractivity contribution in [2.24, 2.45) is 0 Å². The third kappa shape index (κ3) is 3.96. The van der Waals surface area contributed by atoms with E-state index in [-0.39, 0.29) is 0 Å². The predicted molar refractivity (Wildman–Crippen MR) is 82.1 cm³/mol. The lowest BCUT2D eigenvalue weighted by Gasteiger charge is -2.11. The van der Waals surface area contributed by atoms with Gasteiger partial charge < -0.3 is 0 Å². The van der Waals surface area contributed by atoms with Crippen molar-refractivity contribution in [3.63, 3.8) is 0 Å². The highest BCUT2D eigenvalue weighted by Crippen LogP contribution is 2.25. The predicted octanol–water partition coefficient (Wildman–Crippen LogP) is 4.95. The van der Waals surface area contributed by atoms with Crippen LogP contribution in [0.2, 0.25) is 0 Å². The fourth-order valence-corrected chi connectivity index (χ4v) is 4.36. The quantitative estimate of drug-likeness (QED) is 0.651. The summed E-state index contributed by atoms with van der Waals surface area (Å²) in [6.45, 7) is 4.53. The zero-order chi connectivity index (χ0) is 12.1. The molecule has 94 valence electrons. The molecular weight excluding hydrogens is 244 g/mol. The normalized spacial score (nSPS) is 18.2. The Morgan fingerprint density at radius 3 is 1.71 bits per heavy atom. The lowest BCUT2D eigenvalue weighted by Crippen LogP contribution is -1.94. The maximum atomic E-state index is 2.41. The first-order valence-corrected chi connectivity index (χ1v) is 8.83. The molecule has 0 fully saturated rings. The molecule has 0 saturated carbocycles. The van der Waals surface area contributed by atoms with Gasteiger partial charge in [0.1, 0.15) is 0 Å². The van der Waals surface area contributed by atoms with E-state index in [1.807, 2.05) is 0 Å². The molecule has 0 amide bonds. The van der Waals surface area contributed by atoms with E-state index >= 15 is 0 Å². The van der Waals surface area contributed by atoms with Crippen LogP contribution in [0, 0.1) is 13.8 Å². The van der Waals surface area contributed by atoms with Crippen LogP contribution in [0.4, 0.5) is 0 Å². The van der Waals surface area contributed by atoms with Crippen molar-refractivity contribution in [3.8, 4) is 0 Å². The molecular formula is C15H22S2. The molecule has 17 heavy (non-hydrogen) atoms. The van der Waals surface area contributed by atoms with Crippen molar-refractivity contribution in [2.45, 2.75) is 44.6 Å². The topological polar surface area (TPSA) is 0 Å². The summed E-state index contributed by atoms with van der Waals surface area (Å²) in [5.74, 6) is 5.04. The van der Waals surface area contributed by atoms with Crippen LogP contribution in [0.25, 0.3) is 0 Å². The number of thioether (sulfide) groups is 2. The lowest BCUT2D eigenvalue weighted by molar-refractivity contribution is 0.785. The third-order valence-corrected chi connectivity index (χ3v) is 5.57. The fourth-order valence-electron chi connectivity index (χ4n) is 2.20. The Balaban J connectivity index is 2.17. The molecule has 0 spiro atoms. The molecule has 2 bridgehead atoms. The van der Waals surface area contributed by atoms with Gasteiger partial charge in [-0.3, -0.25) is 0 Å². The molecule has 0 aliphatic carbocycles. The molecule has 1 aromatic rings. The average Bonchev–Trinajstić information content (AvgIpc) is 2.33. The molecule has 2 heterocycles. The van der Waals surface area contributed by atoms with Gasteiger partial charge in [-0.2, -0.15) is 23.5 Å². The summed E-state index contributed by atoms with van der Waals surface area (Å²) in [5.41, 5.74) is 6.05. The second kappa shape index (κ2) is 6.75. The molecule has 2 aliphatic rings. The molecule has 0 radical (unpaired) electrons. The number of fused-ring (bicyclic) bond motifs is 10. The summed E-state index contributed by atoms with van der Waals surface area (Å²) >= 11 is 4.20. The summed E-state index contributed by atoms with van der Waals surface area (Å²) in [6.07, 6.45) is 4.19. The van der Waals surface area contributed by atoms with Gasteiger partial charge >= 0.3 is 0 Å². The fraction of sp³-hybridized carbons (Fsp3) is 0.600. The number of hydrogen-bond acceptors (Lipinski definition) is 2. The van der Waals surface area contributed by atoms with Crippen molar-refractivity contribution < 1.29 is 0 Å². The molecule has 0 aromatic heterocycles. The summed E-state index contributed by atoms with van der Waals surface area (Å²) in [4.78, 5) is 0. The van der Waals surface area contributed by atoms with Crippen molar-refractivity contribution >= 4 is 23.5 Å². The van der Waals surface area contributed by atoms with Crippen molar-refractivity contribution in [2.75, 3.05) is 11.5 Å². The van der Waals surface area contributed by atoms with Gasteiger partial charge in [-0.25, -0.2) is 0 Å². The SMILES string of the molecule is Cc1cc2c(C)cc1CSCCCCCSC2. The summed E-state index contributed by atoms with van der Waals surface area (Å²) < 4.78 is 0. The third-order valence-electron chi connectivity index (χ3n) is 3.39. The standard InChI is InChI=1S/C15H22S2/c1-12-8-15-11-17-7-5-3-4-6-16-10-14(12)9-13(15)2/h8-9H,3-7,10-11H2,1-2H3. The van der Waals surface area contributed by atoms with E-state index in [2.05, 4.69) is 49.5 Å². The van der Waals surface area contributed by atoms with Gasteiger partial charge in [0.05, 0.1) is 0 Å². The van der Waals surface area contributed by atoms with Crippen molar-refractivity contribution in [1.82, 2.24) is 0 Å². The van der Waals surface area contributed by atoms with Crippen LogP contribution in [0.5, 0.6) is 0 Å². The number of benzene rings is 1. The molecule has 0 N–H and O–H groups in total. The van der Waals surface area contributed by atoms with Crippen LogP contribution in [0.3, 0.4) is 0 Å². The molecule has 1 aromatic carbocycles. The Bertz CT molecular complexity index is 336. The van der Waals surface area contributed by atoms with Gasteiger partial charge in [0.2, 0.25) is 0 Å². The van der Waals surface area contributed by atoms with Gasteiger partial charge in [-0.1, -0.05) is 18.6 Å². The van der Waals surface area contributed by atoms with E-state index in [0.29, 0.717) is 0 Å². The maximum absolute atomic E-state index is 2.41. The van der Waals surface area contributed by atoms with Gasteiger partial charge in [0.25, 0.3) is 0 Å².